The molecule has 0 saturated heterocycles. The second-order valence-electron chi connectivity index (χ2n) is 4.12. The lowest BCUT2D eigenvalue weighted by Crippen LogP contribution is -2.25. The average molecular weight is 264 g/mol. The van der Waals surface area contributed by atoms with Crippen molar-refractivity contribution in [3.8, 4) is 0 Å². The van der Waals surface area contributed by atoms with Crippen LogP contribution in [0.5, 0.6) is 0 Å². The van der Waals surface area contributed by atoms with Crippen LogP contribution < -0.4 is 5.32 Å². The van der Waals surface area contributed by atoms with Crippen molar-refractivity contribution in [1.82, 2.24) is 14.9 Å². The minimum Gasteiger partial charge on any atom is -0.334 e. The van der Waals surface area contributed by atoms with Gasteiger partial charge in [0.05, 0.1) is 6.04 Å². The van der Waals surface area contributed by atoms with Gasteiger partial charge in [0.25, 0.3) is 0 Å². The van der Waals surface area contributed by atoms with Gasteiger partial charge in [-0.15, -0.1) is 0 Å². The highest BCUT2D eigenvalue weighted by molar-refractivity contribution is 6.30. The maximum Gasteiger partial charge on any atom is 0.130 e. The highest BCUT2D eigenvalue weighted by atomic mass is 35.5. The molecule has 18 heavy (non-hydrogen) atoms. The normalized spacial score (nSPS) is 12.6. The molecule has 4 heteroatoms. The zero-order valence-corrected chi connectivity index (χ0v) is 11.5. The molecule has 1 heterocycles. The molecular weight excluding hydrogens is 246 g/mol. The van der Waals surface area contributed by atoms with Crippen molar-refractivity contribution in [2.45, 2.75) is 26.4 Å². The zero-order valence-electron chi connectivity index (χ0n) is 10.7. The Balaban J connectivity index is 2.39. The predicted octanol–water partition coefficient (Wildman–Crippen LogP) is 3.26. The molecule has 0 fully saturated rings. The predicted molar refractivity (Wildman–Crippen MR) is 74.9 cm³/mol. The van der Waals surface area contributed by atoms with Gasteiger partial charge < -0.3 is 9.88 Å². The monoisotopic (exact) mass is 263 g/mol. The number of hydrogen-bond donors (Lipinski definition) is 1. The van der Waals surface area contributed by atoms with Gasteiger partial charge in [-0.2, -0.15) is 0 Å². The van der Waals surface area contributed by atoms with E-state index < -0.39 is 0 Å². The van der Waals surface area contributed by atoms with E-state index in [1.807, 2.05) is 30.6 Å². The van der Waals surface area contributed by atoms with E-state index in [1.165, 1.54) is 0 Å². The van der Waals surface area contributed by atoms with Gasteiger partial charge in [-0.25, -0.2) is 4.98 Å². The molecule has 0 spiro atoms. The average Bonchev–Trinajstić information content (AvgIpc) is 2.84. The number of imidazole rings is 1. The Morgan fingerprint density at radius 2 is 2.22 bits per heavy atom. The van der Waals surface area contributed by atoms with Crippen molar-refractivity contribution >= 4 is 11.6 Å². The molecule has 2 rings (SSSR count). The first-order chi connectivity index (χ1) is 8.76. The first kappa shape index (κ1) is 13.1. The summed E-state index contributed by atoms with van der Waals surface area (Å²) < 4.78 is 2.15. The molecule has 2 aromatic rings. The van der Waals surface area contributed by atoms with Gasteiger partial charge in [0.15, 0.2) is 0 Å². The number of nitrogens with zero attached hydrogens (tertiary/aromatic N) is 2. The summed E-state index contributed by atoms with van der Waals surface area (Å²) in [5.41, 5.74) is 1.14. The standard InChI is InChI=1S/C14H18ClN3/c1-3-16-13(11-6-5-7-12(15)10-11)14-17-8-9-18(14)4-2/h5-10,13,16H,3-4H2,1-2H3. The van der Waals surface area contributed by atoms with Crippen LogP contribution >= 0.6 is 11.6 Å². The molecule has 0 aliphatic carbocycles. The number of halogens is 1. The number of rotatable bonds is 5. The minimum atomic E-state index is 0.0867. The molecule has 1 atom stereocenters. The van der Waals surface area contributed by atoms with Crippen LogP contribution in [0, 0.1) is 0 Å². The number of nitrogens with one attached hydrogen (secondary N) is 1. The fourth-order valence-electron chi connectivity index (χ4n) is 2.10. The summed E-state index contributed by atoms with van der Waals surface area (Å²) in [6.45, 7) is 6.01. The zero-order chi connectivity index (χ0) is 13.0. The number of benzene rings is 1. The van der Waals surface area contributed by atoms with Crippen LogP contribution in [-0.4, -0.2) is 16.1 Å². The van der Waals surface area contributed by atoms with E-state index in [9.17, 15) is 0 Å². The van der Waals surface area contributed by atoms with Crippen LogP contribution in [0.25, 0.3) is 0 Å². The maximum absolute atomic E-state index is 6.07. The lowest BCUT2D eigenvalue weighted by Gasteiger charge is -2.19. The quantitative estimate of drug-likeness (QED) is 0.897. The lowest BCUT2D eigenvalue weighted by molar-refractivity contribution is 0.559. The summed E-state index contributed by atoms with van der Waals surface area (Å²) in [6.07, 6.45) is 3.85. The van der Waals surface area contributed by atoms with Gasteiger partial charge in [0.2, 0.25) is 0 Å². The van der Waals surface area contributed by atoms with E-state index in [-0.39, 0.29) is 6.04 Å². The van der Waals surface area contributed by atoms with Gasteiger partial charge in [-0.1, -0.05) is 30.7 Å². The molecule has 1 aromatic carbocycles. The van der Waals surface area contributed by atoms with Gasteiger partial charge in [0.1, 0.15) is 5.82 Å². The number of aromatic nitrogens is 2. The minimum absolute atomic E-state index is 0.0867. The van der Waals surface area contributed by atoms with Crippen LogP contribution in [0.2, 0.25) is 5.02 Å². The van der Waals surface area contributed by atoms with Crippen molar-refractivity contribution in [2.24, 2.45) is 0 Å². The molecule has 0 bridgehead atoms. The highest BCUT2D eigenvalue weighted by Crippen LogP contribution is 2.23. The van der Waals surface area contributed by atoms with E-state index in [4.69, 9.17) is 11.6 Å². The van der Waals surface area contributed by atoms with Crippen LogP contribution in [0.4, 0.5) is 0 Å². The van der Waals surface area contributed by atoms with Crippen molar-refractivity contribution in [1.29, 1.82) is 0 Å². The number of aryl methyl sites for hydroxylation is 1. The van der Waals surface area contributed by atoms with Crippen LogP contribution in [0.1, 0.15) is 31.3 Å². The van der Waals surface area contributed by atoms with E-state index >= 15 is 0 Å². The van der Waals surface area contributed by atoms with E-state index in [0.717, 1.165) is 29.5 Å². The summed E-state index contributed by atoms with van der Waals surface area (Å²) in [7, 11) is 0. The Hall–Kier alpha value is -1.32. The Kier molecular flexibility index (Phi) is 4.39. The summed E-state index contributed by atoms with van der Waals surface area (Å²) in [4.78, 5) is 4.47. The third-order valence-corrected chi connectivity index (χ3v) is 3.17. The van der Waals surface area contributed by atoms with Crippen molar-refractivity contribution in [2.75, 3.05) is 6.54 Å². The van der Waals surface area contributed by atoms with Crippen LogP contribution in [-0.2, 0) is 6.54 Å². The first-order valence-electron chi connectivity index (χ1n) is 6.26. The van der Waals surface area contributed by atoms with Crippen molar-refractivity contribution in [3.05, 3.63) is 53.1 Å². The molecule has 0 aliphatic rings. The Bertz CT molecular complexity index is 507. The molecule has 1 aromatic heterocycles. The summed E-state index contributed by atoms with van der Waals surface area (Å²) in [5.74, 6) is 1.03. The molecular formula is C14H18ClN3. The summed E-state index contributed by atoms with van der Waals surface area (Å²) >= 11 is 6.07. The summed E-state index contributed by atoms with van der Waals surface area (Å²) in [5, 5.41) is 4.22. The molecule has 0 radical (unpaired) electrons. The fraction of sp³-hybridized carbons (Fsp3) is 0.357. The molecule has 1 unspecified atom stereocenters. The molecule has 96 valence electrons. The van der Waals surface area contributed by atoms with Crippen LogP contribution in [0.3, 0.4) is 0 Å². The van der Waals surface area contributed by atoms with E-state index in [0.29, 0.717) is 0 Å². The molecule has 0 amide bonds. The second-order valence-corrected chi connectivity index (χ2v) is 4.55. The van der Waals surface area contributed by atoms with Gasteiger partial charge in [0, 0.05) is 24.0 Å². The van der Waals surface area contributed by atoms with Gasteiger partial charge in [-0.3, -0.25) is 0 Å². The van der Waals surface area contributed by atoms with Gasteiger partial charge in [-0.05, 0) is 31.2 Å². The fourth-order valence-corrected chi connectivity index (χ4v) is 2.30. The summed E-state index contributed by atoms with van der Waals surface area (Å²) in [6, 6.07) is 8.02. The largest absolute Gasteiger partial charge is 0.334 e. The van der Waals surface area contributed by atoms with Crippen molar-refractivity contribution < 1.29 is 0 Å². The Morgan fingerprint density at radius 3 is 2.89 bits per heavy atom. The SMILES string of the molecule is CCNC(c1cccc(Cl)c1)c1nccn1CC. The lowest BCUT2D eigenvalue weighted by atomic mass is 10.1. The molecule has 0 aliphatic heterocycles. The van der Waals surface area contributed by atoms with E-state index in [1.54, 1.807) is 0 Å². The smallest absolute Gasteiger partial charge is 0.130 e. The maximum atomic E-state index is 6.07. The Labute approximate surface area is 113 Å². The molecule has 1 N–H and O–H groups in total. The highest BCUT2D eigenvalue weighted by Gasteiger charge is 2.17. The third-order valence-electron chi connectivity index (χ3n) is 2.94. The third kappa shape index (κ3) is 2.74. The number of hydrogen-bond acceptors (Lipinski definition) is 2. The topological polar surface area (TPSA) is 29.9 Å². The van der Waals surface area contributed by atoms with Crippen molar-refractivity contribution in [3.63, 3.8) is 0 Å². The van der Waals surface area contributed by atoms with Crippen LogP contribution in [0.15, 0.2) is 36.7 Å². The van der Waals surface area contributed by atoms with E-state index in [2.05, 4.69) is 34.8 Å². The Morgan fingerprint density at radius 1 is 1.39 bits per heavy atom. The molecule has 0 saturated carbocycles. The molecule has 3 nitrogen and oxygen atoms in total. The first-order valence-corrected chi connectivity index (χ1v) is 6.64. The second kappa shape index (κ2) is 6.03. The van der Waals surface area contributed by atoms with Gasteiger partial charge >= 0.3 is 0 Å².